The van der Waals surface area contributed by atoms with Crippen LogP contribution in [0.5, 0.6) is 0 Å². The molecule has 3 aliphatic carbocycles. The van der Waals surface area contributed by atoms with Crippen LogP contribution >= 0.6 is 0 Å². The number of benzene rings is 1. The highest BCUT2D eigenvalue weighted by molar-refractivity contribution is 5.42. The first-order valence-electron chi connectivity index (χ1n) is 16.7. The lowest BCUT2D eigenvalue weighted by molar-refractivity contribution is -0.328. The Hall–Kier alpha value is -1.18. The van der Waals surface area contributed by atoms with Crippen LogP contribution in [0.4, 0.5) is 0 Å². The zero-order valence-corrected chi connectivity index (χ0v) is 26.1. The van der Waals surface area contributed by atoms with Gasteiger partial charge in [0.15, 0.2) is 12.6 Å². The SMILES string of the molecule is C[C@@H](c1ccc2c(c1)CC[C@H]1[C@H]2C[C@@H]2O[C@@]23CCC[C@H](O[C@@H]2O[C@H](CO)[C@@H](O)[C@H](O)[C@H]2O)[C@]13C)[C@H]1C[C@]2(C)O[C@]2(C)[C@H](O)O1. The Morgan fingerprint density at radius 3 is 2.57 bits per heavy atom. The summed E-state index contributed by atoms with van der Waals surface area (Å²) in [5.41, 5.74) is 2.38. The van der Waals surface area contributed by atoms with E-state index in [0.717, 1.165) is 44.9 Å². The number of ether oxygens (including phenoxy) is 5. The Labute approximate surface area is 258 Å². The Bertz CT molecular complexity index is 1310. The van der Waals surface area contributed by atoms with Crippen molar-refractivity contribution in [3.8, 4) is 0 Å². The molecule has 0 aromatic heterocycles. The Kier molecular flexibility index (Phi) is 6.80. The van der Waals surface area contributed by atoms with Gasteiger partial charge in [0, 0.05) is 17.8 Å². The van der Waals surface area contributed by atoms with Crippen LogP contribution in [0.15, 0.2) is 18.2 Å². The van der Waals surface area contributed by atoms with Gasteiger partial charge in [0.1, 0.15) is 41.2 Å². The van der Waals surface area contributed by atoms with E-state index in [1.807, 2.05) is 6.92 Å². The van der Waals surface area contributed by atoms with Crippen LogP contribution in [-0.4, -0.2) is 104 Å². The van der Waals surface area contributed by atoms with E-state index in [9.17, 15) is 25.5 Å². The van der Waals surface area contributed by atoms with Crippen LogP contribution in [0.3, 0.4) is 0 Å². The van der Waals surface area contributed by atoms with Crippen LogP contribution in [0, 0.1) is 11.3 Å². The second kappa shape index (κ2) is 9.92. The summed E-state index contributed by atoms with van der Waals surface area (Å²) in [5, 5.41) is 51.9. The summed E-state index contributed by atoms with van der Waals surface area (Å²) >= 11 is 0. The molecular weight excluding hydrogens is 568 g/mol. The van der Waals surface area contributed by atoms with E-state index in [2.05, 4.69) is 39.0 Å². The average molecular weight is 617 g/mol. The van der Waals surface area contributed by atoms with Gasteiger partial charge in [-0.25, -0.2) is 0 Å². The van der Waals surface area contributed by atoms with Crippen LogP contribution in [0.2, 0.25) is 0 Å². The molecular formula is C34H48O10. The molecule has 1 spiro atoms. The fourth-order valence-electron chi connectivity index (χ4n) is 10.3. The van der Waals surface area contributed by atoms with Gasteiger partial charge < -0.3 is 49.2 Å². The van der Waals surface area contributed by atoms with E-state index in [-0.39, 0.29) is 40.8 Å². The molecule has 244 valence electrons. The van der Waals surface area contributed by atoms with Crippen LogP contribution in [0.1, 0.15) is 94.7 Å². The van der Waals surface area contributed by atoms with Gasteiger partial charge in [-0.05, 0) is 80.9 Å². The highest BCUT2D eigenvalue weighted by Crippen LogP contribution is 2.71. The first kappa shape index (κ1) is 30.2. The smallest absolute Gasteiger partial charge is 0.186 e. The van der Waals surface area contributed by atoms with E-state index < -0.39 is 49.2 Å². The molecule has 10 heteroatoms. The molecule has 0 radical (unpaired) electrons. The van der Waals surface area contributed by atoms with Gasteiger partial charge in [-0.15, -0.1) is 0 Å². The minimum Gasteiger partial charge on any atom is -0.394 e. The van der Waals surface area contributed by atoms with Gasteiger partial charge in [-0.2, -0.15) is 0 Å². The predicted octanol–water partition coefficient (Wildman–Crippen LogP) is 2.01. The van der Waals surface area contributed by atoms with E-state index in [1.54, 1.807) is 0 Å². The largest absolute Gasteiger partial charge is 0.394 e. The molecule has 16 atom stereocenters. The zero-order valence-electron chi connectivity index (χ0n) is 26.1. The number of aliphatic hydroxyl groups is 5. The topological polar surface area (TPSA) is 154 Å². The average Bonchev–Trinajstić information content (AvgIpc) is 3.87. The van der Waals surface area contributed by atoms with E-state index in [4.69, 9.17) is 23.7 Å². The van der Waals surface area contributed by atoms with Gasteiger partial charge in [0.2, 0.25) is 0 Å². The molecule has 7 aliphatic rings. The summed E-state index contributed by atoms with van der Waals surface area (Å²) in [6, 6.07) is 6.87. The van der Waals surface area contributed by atoms with Crippen molar-refractivity contribution in [2.45, 2.75) is 157 Å². The number of hydrogen-bond donors (Lipinski definition) is 5. The molecule has 0 amide bonds. The molecule has 6 fully saturated rings. The fraction of sp³-hybridized carbons (Fsp3) is 0.824. The van der Waals surface area contributed by atoms with Gasteiger partial charge in [0.05, 0.1) is 24.9 Å². The maximum atomic E-state index is 10.8. The summed E-state index contributed by atoms with van der Waals surface area (Å²) in [7, 11) is 0. The number of rotatable bonds is 5. The Morgan fingerprint density at radius 1 is 1.02 bits per heavy atom. The first-order chi connectivity index (χ1) is 20.9. The quantitative estimate of drug-likeness (QED) is 0.311. The summed E-state index contributed by atoms with van der Waals surface area (Å²) in [4.78, 5) is 0. The fourth-order valence-corrected chi connectivity index (χ4v) is 10.3. The Balaban J connectivity index is 1.05. The highest BCUT2D eigenvalue weighted by Gasteiger charge is 2.76. The van der Waals surface area contributed by atoms with E-state index in [0.29, 0.717) is 11.8 Å². The molecule has 4 saturated heterocycles. The molecule has 10 nitrogen and oxygen atoms in total. The normalized spacial score (nSPS) is 54.6. The van der Waals surface area contributed by atoms with Crippen molar-refractivity contribution in [2.75, 3.05) is 6.61 Å². The predicted molar refractivity (Wildman–Crippen MR) is 156 cm³/mol. The third-order valence-electron chi connectivity index (χ3n) is 13.5. The second-order valence-electron chi connectivity index (χ2n) is 15.4. The minimum absolute atomic E-state index is 0.108. The molecule has 0 bridgehead atoms. The van der Waals surface area contributed by atoms with Gasteiger partial charge in [-0.3, -0.25) is 0 Å². The van der Waals surface area contributed by atoms with Crippen molar-refractivity contribution in [2.24, 2.45) is 11.3 Å². The van der Waals surface area contributed by atoms with Gasteiger partial charge in [-0.1, -0.05) is 32.0 Å². The zero-order chi connectivity index (χ0) is 31.0. The monoisotopic (exact) mass is 616 g/mol. The third-order valence-corrected chi connectivity index (χ3v) is 13.5. The van der Waals surface area contributed by atoms with E-state index in [1.165, 1.54) is 16.7 Å². The molecule has 4 heterocycles. The lowest BCUT2D eigenvalue weighted by Gasteiger charge is -2.57. The van der Waals surface area contributed by atoms with Crippen molar-refractivity contribution >= 4 is 0 Å². The van der Waals surface area contributed by atoms with Crippen molar-refractivity contribution in [1.82, 2.24) is 0 Å². The summed E-state index contributed by atoms with van der Waals surface area (Å²) in [6.45, 7) is 7.97. The molecule has 44 heavy (non-hydrogen) atoms. The molecule has 8 rings (SSSR count). The van der Waals surface area contributed by atoms with Gasteiger partial charge >= 0.3 is 0 Å². The number of epoxide rings is 2. The van der Waals surface area contributed by atoms with Crippen molar-refractivity contribution in [1.29, 1.82) is 0 Å². The van der Waals surface area contributed by atoms with Crippen molar-refractivity contribution in [3.63, 3.8) is 0 Å². The highest BCUT2D eigenvalue weighted by atomic mass is 16.7. The van der Waals surface area contributed by atoms with E-state index >= 15 is 0 Å². The van der Waals surface area contributed by atoms with Crippen LogP contribution in [0.25, 0.3) is 0 Å². The molecule has 4 aliphatic heterocycles. The van der Waals surface area contributed by atoms with Crippen LogP contribution < -0.4 is 0 Å². The number of aryl methyl sites for hydroxylation is 1. The van der Waals surface area contributed by atoms with Crippen LogP contribution in [-0.2, 0) is 30.1 Å². The first-order valence-corrected chi connectivity index (χ1v) is 16.7. The molecule has 1 aromatic rings. The molecule has 2 saturated carbocycles. The summed E-state index contributed by atoms with van der Waals surface area (Å²) in [6.07, 6.45) is -1.31. The van der Waals surface area contributed by atoms with Crippen molar-refractivity contribution in [3.05, 3.63) is 34.9 Å². The summed E-state index contributed by atoms with van der Waals surface area (Å²) in [5.74, 6) is 0.713. The van der Waals surface area contributed by atoms with Gasteiger partial charge in [0.25, 0.3) is 0 Å². The maximum absolute atomic E-state index is 10.8. The lowest BCUT2D eigenvalue weighted by atomic mass is 9.48. The van der Waals surface area contributed by atoms with Crippen molar-refractivity contribution < 1.29 is 49.2 Å². The molecule has 1 aromatic carbocycles. The number of fused-ring (bicyclic) bond motifs is 5. The lowest BCUT2D eigenvalue weighted by Crippen LogP contribution is -2.64. The minimum atomic E-state index is -1.47. The maximum Gasteiger partial charge on any atom is 0.186 e. The molecule has 5 N–H and O–H groups in total. The third kappa shape index (κ3) is 3.96. The Morgan fingerprint density at radius 2 is 1.82 bits per heavy atom. The number of aliphatic hydroxyl groups excluding tert-OH is 5. The molecule has 0 unspecified atom stereocenters. The summed E-state index contributed by atoms with van der Waals surface area (Å²) < 4.78 is 31.0. The second-order valence-corrected chi connectivity index (χ2v) is 15.4. The number of hydrogen-bond acceptors (Lipinski definition) is 10. The standard InChI is InChI=1S/C34H48O10/c1-16(22-14-31(2)33(4,44-31)30(39)41-22)17-7-9-19-18(12-17)8-10-21-20(19)13-25-34(43-25)11-5-6-24(32(21,34)3)42-29-28(38)27(37)26(36)23(15-35)40-29/h7,9,12,16,20-30,35-39H,5-6,8,10-11,13-15H2,1-4H3/t16-,20-,21-,22+,23+,24-,25-,26+,27-,28+,29-,30+,31-,32-,33+,34-/m0/s1.